The van der Waals surface area contributed by atoms with Gasteiger partial charge in [-0.3, -0.25) is 9.69 Å². The van der Waals surface area contributed by atoms with Crippen molar-refractivity contribution in [3.8, 4) is 0 Å². The van der Waals surface area contributed by atoms with Crippen LogP contribution in [0, 0.1) is 13.8 Å². The monoisotopic (exact) mass is 421 g/mol. The third-order valence-electron chi connectivity index (χ3n) is 6.29. The fourth-order valence-corrected chi connectivity index (χ4v) is 4.66. The van der Waals surface area contributed by atoms with Gasteiger partial charge < -0.3 is 14.5 Å². The smallest absolute Gasteiger partial charge is 0.410 e. The molecule has 1 spiro atoms. The Bertz CT molecular complexity index is 956. The topological polar surface area (TPSA) is 53.1 Å². The fraction of sp³-hybridized carbons (Fsp3) is 0.440. The van der Waals surface area contributed by atoms with Crippen molar-refractivity contribution >= 4 is 17.7 Å². The lowest BCUT2D eigenvalue weighted by molar-refractivity contribution is 0.00313. The maximum atomic E-state index is 12.9. The number of ether oxygens (including phenoxy) is 1. The van der Waals surface area contributed by atoms with E-state index >= 15 is 0 Å². The first kappa shape index (κ1) is 21.2. The highest BCUT2D eigenvalue weighted by Gasteiger charge is 2.47. The summed E-state index contributed by atoms with van der Waals surface area (Å²) in [6, 6.07) is 14.0. The van der Waals surface area contributed by atoms with Crippen LogP contribution in [0.5, 0.6) is 0 Å². The maximum Gasteiger partial charge on any atom is 0.410 e. The van der Waals surface area contributed by atoms with Crippen LogP contribution in [0.2, 0.25) is 0 Å². The normalized spacial score (nSPS) is 17.7. The van der Waals surface area contributed by atoms with Crippen molar-refractivity contribution in [1.29, 1.82) is 0 Å². The van der Waals surface area contributed by atoms with Crippen molar-refractivity contribution in [3.63, 3.8) is 0 Å². The second kappa shape index (κ2) is 8.25. The van der Waals surface area contributed by atoms with Crippen molar-refractivity contribution in [2.75, 3.05) is 38.6 Å². The minimum Gasteiger partial charge on any atom is -0.441 e. The second-order valence-corrected chi connectivity index (χ2v) is 9.14. The van der Waals surface area contributed by atoms with E-state index in [1.165, 1.54) is 11.1 Å². The number of likely N-dealkylation sites (tertiary alicyclic amines) is 1. The Morgan fingerprint density at radius 3 is 2.23 bits per heavy atom. The Morgan fingerprint density at radius 1 is 1.03 bits per heavy atom. The molecule has 2 heterocycles. The van der Waals surface area contributed by atoms with Crippen LogP contribution in [0.4, 0.5) is 10.5 Å². The Hall–Kier alpha value is -3.02. The molecule has 2 aliphatic rings. The van der Waals surface area contributed by atoms with E-state index in [1.54, 1.807) is 4.90 Å². The zero-order chi connectivity index (χ0) is 22.2. The first-order valence-corrected chi connectivity index (χ1v) is 10.9. The number of piperidine rings is 1. The van der Waals surface area contributed by atoms with Crippen molar-refractivity contribution in [2.24, 2.45) is 0 Å². The largest absolute Gasteiger partial charge is 0.441 e. The van der Waals surface area contributed by atoms with Gasteiger partial charge in [0.15, 0.2) is 0 Å². The van der Waals surface area contributed by atoms with Gasteiger partial charge in [-0.05, 0) is 43.7 Å². The molecule has 4 rings (SSSR count). The maximum absolute atomic E-state index is 12.9. The highest BCUT2D eigenvalue weighted by atomic mass is 16.6. The summed E-state index contributed by atoms with van der Waals surface area (Å²) < 4.78 is 5.85. The summed E-state index contributed by atoms with van der Waals surface area (Å²) in [5.74, 6) is 0.0385. The van der Waals surface area contributed by atoms with Crippen molar-refractivity contribution in [1.82, 2.24) is 9.80 Å². The molecule has 6 nitrogen and oxygen atoms in total. The molecule has 2 aromatic carbocycles. The van der Waals surface area contributed by atoms with Gasteiger partial charge in [0.25, 0.3) is 5.91 Å². The number of hydrogen-bond donors (Lipinski definition) is 0. The summed E-state index contributed by atoms with van der Waals surface area (Å²) in [5.41, 5.74) is 4.80. The van der Waals surface area contributed by atoms with E-state index in [0.717, 1.165) is 11.3 Å². The van der Waals surface area contributed by atoms with E-state index in [-0.39, 0.29) is 12.0 Å². The van der Waals surface area contributed by atoms with Gasteiger partial charge in [0.2, 0.25) is 0 Å². The van der Waals surface area contributed by atoms with Crippen LogP contribution in [0.15, 0.2) is 42.5 Å². The highest BCUT2D eigenvalue weighted by molar-refractivity contribution is 5.94. The SMILES string of the molecule is Cc1cc(C)cc(CN2CC3(CCN(C(=O)c4ccc(N(C)C)cc4)CC3)OC2=O)c1. The molecule has 2 amide bonds. The third kappa shape index (κ3) is 4.53. The van der Waals surface area contributed by atoms with Gasteiger partial charge in [0.1, 0.15) is 5.60 Å². The van der Waals surface area contributed by atoms with Crippen LogP contribution < -0.4 is 4.90 Å². The van der Waals surface area contributed by atoms with E-state index in [1.807, 2.05) is 48.2 Å². The summed E-state index contributed by atoms with van der Waals surface area (Å²) in [6.45, 7) is 6.47. The van der Waals surface area contributed by atoms with Crippen LogP contribution in [0.1, 0.15) is 39.9 Å². The number of anilines is 1. The molecule has 2 fully saturated rings. The standard InChI is InChI=1S/C25H31N3O3/c1-18-13-19(2)15-20(14-18)16-28-17-25(31-24(28)30)9-11-27(12-10-25)23(29)21-5-7-22(8-6-21)26(3)4/h5-8,13-15H,9-12,16-17H2,1-4H3. The lowest BCUT2D eigenvalue weighted by atomic mass is 9.91. The van der Waals surface area contributed by atoms with E-state index < -0.39 is 5.60 Å². The summed E-state index contributed by atoms with van der Waals surface area (Å²) in [7, 11) is 3.96. The Labute approximate surface area is 184 Å². The molecule has 0 bridgehead atoms. The molecule has 2 aliphatic heterocycles. The molecular formula is C25H31N3O3. The number of aryl methyl sites for hydroxylation is 2. The molecule has 31 heavy (non-hydrogen) atoms. The summed E-state index contributed by atoms with van der Waals surface area (Å²) in [4.78, 5) is 31.2. The van der Waals surface area contributed by atoms with Crippen molar-refractivity contribution in [2.45, 2.75) is 38.8 Å². The van der Waals surface area contributed by atoms with Crippen molar-refractivity contribution < 1.29 is 14.3 Å². The zero-order valence-corrected chi connectivity index (χ0v) is 18.9. The molecule has 164 valence electrons. The molecule has 0 atom stereocenters. The number of benzene rings is 2. The van der Waals surface area contributed by atoms with Crippen LogP contribution >= 0.6 is 0 Å². The van der Waals surface area contributed by atoms with Gasteiger partial charge in [-0.25, -0.2) is 4.79 Å². The molecule has 2 saturated heterocycles. The summed E-state index contributed by atoms with van der Waals surface area (Å²) >= 11 is 0. The van der Waals surface area contributed by atoms with E-state index in [9.17, 15) is 9.59 Å². The molecule has 6 heteroatoms. The Balaban J connectivity index is 1.37. The average molecular weight is 422 g/mol. The number of amides is 2. The van der Waals surface area contributed by atoms with Gasteiger partial charge in [-0.1, -0.05) is 29.3 Å². The predicted molar refractivity (Wildman–Crippen MR) is 121 cm³/mol. The third-order valence-corrected chi connectivity index (χ3v) is 6.29. The molecule has 0 radical (unpaired) electrons. The van der Waals surface area contributed by atoms with E-state index in [0.29, 0.717) is 44.6 Å². The van der Waals surface area contributed by atoms with Gasteiger partial charge in [0.05, 0.1) is 6.54 Å². The molecule has 0 N–H and O–H groups in total. The fourth-order valence-electron chi connectivity index (χ4n) is 4.66. The number of rotatable bonds is 4. The minimum absolute atomic E-state index is 0.0385. The quantitative estimate of drug-likeness (QED) is 0.749. The molecular weight excluding hydrogens is 390 g/mol. The van der Waals surface area contributed by atoms with Crippen LogP contribution in [0.3, 0.4) is 0 Å². The molecule has 0 aliphatic carbocycles. The molecule has 0 unspecified atom stereocenters. The van der Waals surface area contributed by atoms with Crippen LogP contribution in [0.25, 0.3) is 0 Å². The summed E-state index contributed by atoms with van der Waals surface area (Å²) in [5, 5.41) is 0. The first-order valence-electron chi connectivity index (χ1n) is 10.9. The lowest BCUT2D eigenvalue weighted by Crippen LogP contribution is -2.48. The number of carbonyl (C=O) groups excluding carboxylic acids is 2. The van der Waals surface area contributed by atoms with Gasteiger partial charge in [-0.15, -0.1) is 0 Å². The molecule has 2 aromatic rings. The van der Waals surface area contributed by atoms with E-state index in [2.05, 4.69) is 32.0 Å². The van der Waals surface area contributed by atoms with E-state index in [4.69, 9.17) is 4.74 Å². The number of carbonyl (C=O) groups is 2. The van der Waals surface area contributed by atoms with Gasteiger partial charge in [-0.2, -0.15) is 0 Å². The lowest BCUT2D eigenvalue weighted by Gasteiger charge is -2.37. The molecule has 0 aromatic heterocycles. The average Bonchev–Trinajstić information content (AvgIpc) is 3.01. The van der Waals surface area contributed by atoms with Gasteiger partial charge in [0, 0.05) is 57.8 Å². The predicted octanol–water partition coefficient (Wildman–Crippen LogP) is 4.00. The Kier molecular flexibility index (Phi) is 5.65. The zero-order valence-electron chi connectivity index (χ0n) is 18.9. The van der Waals surface area contributed by atoms with Crippen LogP contribution in [-0.4, -0.2) is 61.1 Å². The van der Waals surface area contributed by atoms with Crippen molar-refractivity contribution in [3.05, 3.63) is 64.7 Å². The second-order valence-electron chi connectivity index (χ2n) is 9.14. The number of hydrogen-bond acceptors (Lipinski definition) is 4. The minimum atomic E-state index is -0.485. The highest BCUT2D eigenvalue weighted by Crippen LogP contribution is 2.34. The summed E-state index contributed by atoms with van der Waals surface area (Å²) in [6.07, 6.45) is 1.09. The Morgan fingerprint density at radius 2 is 1.65 bits per heavy atom. The number of nitrogens with zero attached hydrogens (tertiary/aromatic N) is 3. The van der Waals surface area contributed by atoms with Gasteiger partial charge >= 0.3 is 6.09 Å². The molecule has 0 saturated carbocycles. The first-order chi connectivity index (χ1) is 14.7. The van der Waals surface area contributed by atoms with Crippen LogP contribution in [-0.2, 0) is 11.3 Å².